The molecule has 0 radical (unpaired) electrons. The monoisotopic (exact) mass is 665 g/mol. The van der Waals surface area contributed by atoms with Crippen molar-refractivity contribution in [1.29, 1.82) is 0 Å². The van der Waals surface area contributed by atoms with Crippen LogP contribution in [0.15, 0.2) is 52.5 Å². The smallest absolute Gasteiger partial charge is 0.352 e. The maximum atomic E-state index is 13.2. The van der Waals surface area contributed by atoms with Gasteiger partial charge in [-0.15, -0.1) is 23.1 Å². The van der Waals surface area contributed by atoms with Crippen molar-refractivity contribution in [3.8, 4) is 0 Å². The minimum absolute atomic E-state index is 0.00294. The Bertz CT molecular complexity index is 1640. The van der Waals surface area contributed by atoms with Gasteiger partial charge in [0, 0.05) is 35.0 Å². The third kappa shape index (κ3) is 6.41. The number of nitrogens with two attached hydrogens (primary N) is 1. The molecule has 0 saturated carbocycles. The highest BCUT2D eigenvalue weighted by Crippen LogP contribution is 2.40. The highest BCUT2D eigenvalue weighted by atomic mass is 35.5. The van der Waals surface area contributed by atoms with E-state index < -0.39 is 47.0 Å². The predicted octanol–water partition coefficient (Wildman–Crippen LogP) is 1.50. The summed E-state index contributed by atoms with van der Waals surface area (Å²) in [4.78, 5) is 64.1. The number of nitrogens with one attached hydrogen (secondary N) is 2. The number of thiazole rings is 2. The molecule has 1 unspecified atom stereocenters. The number of aliphatic carboxylic acids is 2. The lowest BCUT2D eigenvalue weighted by Crippen LogP contribution is -2.71. The molecule has 15 nitrogen and oxygen atoms in total. The summed E-state index contributed by atoms with van der Waals surface area (Å²) in [5, 5.41) is 30.4. The number of hydrogen-bond acceptors (Lipinski definition) is 13. The maximum Gasteiger partial charge on any atom is 0.352 e. The number of carboxylic acids is 2. The molecule has 3 atom stereocenters. The van der Waals surface area contributed by atoms with Crippen molar-refractivity contribution in [3.63, 3.8) is 0 Å². The van der Waals surface area contributed by atoms with Gasteiger partial charge in [-0.25, -0.2) is 24.1 Å². The molecule has 224 valence electrons. The second-order valence-corrected chi connectivity index (χ2v) is 12.7. The van der Waals surface area contributed by atoms with Crippen LogP contribution in [0.25, 0.3) is 0 Å². The summed E-state index contributed by atoms with van der Waals surface area (Å²) in [5.74, 6) is -3.90. The van der Waals surface area contributed by atoms with E-state index in [1.807, 2.05) is 17.5 Å². The third-order valence-electron chi connectivity index (χ3n) is 6.18. The Morgan fingerprint density at radius 1 is 1.33 bits per heavy atom. The lowest BCUT2D eigenvalue weighted by molar-refractivity contribution is -0.688. The Hall–Kier alpha value is -4.26. The fourth-order valence-corrected chi connectivity index (χ4v) is 6.93. The summed E-state index contributed by atoms with van der Waals surface area (Å²) >= 11 is 9.75. The van der Waals surface area contributed by atoms with Crippen molar-refractivity contribution in [1.82, 2.24) is 20.2 Å². The topological polar surface area (TPSA) is 213 Å². The van der Waals surface area contributed by atoms with Crippen LogP contribution in [0.3, 0.4) is 0 Å². The fraction of sp³-hybridized carbons (Fsp3) is 0.250. The van der Waals surface area contributed by atoms with Gasteiger partial charge in [0.15, 0.2) is 34.9 Å². The number of hydrogen-bond donors (Lipinski definition) is 5. The van der Waals surface area contributed by atoms with E-state index in [0.29, 0.717) is 5.57 Å². The van der Waals surface area contributed by atoms with E-state index >= 15 is 0 Å². The molecule has 3 aromatic heterocycles. The molecule has 5 heterocycles. The molecule has 0 aliphatic carbocycles. The first-order chi connectivity index (χ1) is 20.5. The molecule has 1 fully saturated rings. The number of aromatic nitrogens is 3. The van der Waals surface area contributed by atoms with E-state index in [1.165, 1.54) is 30.0 Å². The van der Waals surface area contributed by atoms with Gasteiger partial charge in [0.1, 0.15) is 27.1 Å². The Morgan fingerprint density at radius 3 is 2.67 bits per heavy atom. The molecule has 3 aromatic rings. The van der Waals surface area contributed by atoms with Gasteiger partial charge in [0.25, 0.3) is 11.8 Å². The summed E-state index contributed by atoms with van der Waals surface area (Å²) in [6, 6.07) is 2.54. The van der Waals surface area contributed by atoms with Crippen LogP contribution in [0.1, 0.15) is 12.6 Å². The molecule has 2 aliphatic heterocycles. The summed E-state index contributed by atoms with van der Waals surface area (Å²) in [6.45, 7) is 1.42. The summed E-state index contributed by atoms with van der Waals surface area (Å²) in [7, 11) is 0. The van der Waals surface area contributed by atoms with Crippen LogP contribution in [0.4, 0.5) is 16.0 Å². The molecule has 0 bridgehead atoms. The van der Waals surface area contributed by atoms with E-state index in [0.717, 1.165) is 27.1 Å². The zero-order valence-electron chi connectivity index (χ0n) is 22.0. The van der Waals surface area contributed by atoms with Crippen LogP contribution in [0, 0.1) is 0 Å². The third-order valence-corrected chi connectivity index (χ3v) is 9.29. The number of nitrogen functional groups attached to an aromatic ring is 1. The number of β-lactam (4-membered cyclic amide) rings is 1. The molecule has 5 rings (SSSR count). The Morgan fingerprint density at radius 2 is 2.07 bits per heavy atom. The summed E-state index contributed by atoms with van der Waals surface area (Å²) in [6.07, 6.45) is 3.85. The van der Waals surface area contributed by atoms with Crippen LogP contribution in [0.2, 0.25) is 4.34 Å². The van der Waals surface area contributed by atoms with E-state index in [9.17, 15) is 24.3 Å². The minimum atomic E-state index is -1.41. The van der Waals surface area contributed by atoms with E-state index in [4.69, 9.17) is 27.3 Å². The van der Waals surface area contributed by atoms with Crippen LogP contribution in [-0.2, 0) is 30.6 Å². The number of thioether (sulfide) groups is 1. The maximum absolute atomic E-state index is 13.2. The predicted molar refractivity (Wildman–Crippen MR) is 158 cm³/mol. The number of oxime groups is 1. The van der Waals surface area contributed by atoms with Gasteiger partial charge in [-0.2, -0.15) is 0 Å². The number of anilines is 3. The Labute approximate surface area is 260 Å². The number of carbonyl (C=O) groups is 4. The number of fused-ring (bicyclic) bond motifs is 1. The molecular formula is C24H22ClN8O7S3+. The van der Waals surface area contributed by atoms with Gasteiger partial charge in [-0.1, -0.05) is 28.1 Å². The summed E-state index contributed by atoms with van der Waals surface area (Å²) < 4.78 is 1.79. The van der Waals surface area contributed by atoms with Crippen LogP contribution >= 0.6 is 46.0 Å². The molecule has 6 N–H and O–H groups in total. The highest BCUT2D eigenvalue weighted by molar-refractivity contribution is 8.00. The lowest BCUT2D eigenvalue weighted by atomic mass is 10.0. The molecule has 1 saturated heterocycles. The standard InChI is InChI=1S/C24H21ClN8O7S3/c1-10(21(36)37)40-31-14(13-17(25)43-23(26)30-13)18(34)29-15-19(35)33-16(22(38)39)11(9-42-20(15)33)8-32-5-2-12(3-6-32)28-24-27-4-7-41-24/h2-7,10,15,20H,8-9H2,1H3,(H5,26,29,30,34,36,37,38,39)/p+1/t10-,15+,20?/m0/s1. The van der Waals surface area contributed by atoms with Gasteiger partial charge >= 0.3 is 11.9 Å². The fourth-order valence-electron chi connectivity index (χ4n) is 4.12. The van der Waals surface area contributed by atoms with Crippen LogP contribution in [-0.4, -0.2) is 77.8 Å². The van der Waals surface area contributed by atoms with Crippen molar-refractivity contribution < 1.29 is 38.8 Å². The van der Waals surface area contributed by atoms with Crippen molar-refractivity contribution >= 4 is 91.5 Å². The molecule has 0 aromatic carbocycles. The molecule has 0 spiro atoms. The van der Waals surface area contributed by atoms with Gasteiger partial charge in [0.2, 0.25) is 6.10 Å². The Balaban J connectivity index is 1.31. The number of pyridine rings is 1. The molecular weight excluding hydrogens is 644 g/mol. The zero-order chi connectivity index (χ0) is 30.8. The highest BCUT2D eigenvalue weighted by Gasteiger charge is 2.55. The van der Waals surface area contributed by atoms with E-state index in [2.05, 4.69) is 25.8 Å². The first-order valence-electron chi connectivity index (χ1n) is 12.3. The molecule has 19 heteroatoms. The van der Waals surface area contributed by atoms with Crippen LogP contribution in [0.5, 0.6) is 0 Å². The first kappa shape index (κ1) is 30.2. The van der Waals surface area contributed by atoms with Crippen molar-refractivity contribution in [3.05, 3.63) is 57.4 Å². The van der Waals surface area contributed by atoms with E-state index in [-0.39, 0.29) is 33.2 Å². The van der Waals surface area contributed by atoms with Crippen LogP contribution < -0.4 is 20.9 Å². The average molecular weight is 666 g/mol. The lowest BCUT2D eigenvalue weighted by Gasteiger charge is -2.49. The molecule has 43 heavy (non-hydrogen) atoms. The number of carboxylic acid groups (broad SMARTS) is 2. The van der Waals surface area contributed by atoms with E-state index in [1.54, 1.807) is 23.2 Å². The zero-order valence-corrected chi connectivity index (χ0v) is 25.2. The minimum Gasteiger partial charge on any atom is -0.478 e. The largest absolute Gasteiger partial charge is 0.478 e. The number of amides is 2. The number of halogens is 1. The normalized spacial score (nSPS) is 18.9. The van der Waals surface area contributed by atoms with Gasteiger partial charge in [-0.05, 0) is 6.92 Å². The van der Waals surface area contributed by atoms with Crippen molar-refractivity contribution in [2.24, 2.45) is 5.16 Å². The molecule has 2 amide bonds. The number of nitrogens with zero attached hydrogens (tertiary/aromatic N) is 5. The second kappa shape index (κ2) is 12.5. The van der Waals surface area contributed by atoms with Gasteiger partial charge in [0.05, 0.1) is 5.69 Å². The summed E-state index contributed by atoms with van der Waals surface area (Å²) in [5.41, 5.74) is 6.21. The van der Waals surface area contributed by atoms with Gasteiger partial charge < -0.3 is 31.4 Å². The van der Waals surface area contributed by atoms with Gasteiger partial charge in [-0.3, -0.25) is 14.5 Å². The average Bonchev–Trinajstić information content (AvgIpc) is 3.60. The number of carbonyl (C=O) groups excluding carboxylic acids is 2. The molecule has 2 aliphatic rings. The second-order valence-electron chi connectivity index (χ2n) is 9.04. The van der Waals surface area contributed by atoms with Crippen molar-refractivity contribution in [2.75, 3.05) is 16.8 Å². The Kier molecular flexibility index (Phi) is 8.81. The first-order valence-corrected chi connectivity index (χ1v) is 15.4. The van der Waals surface area contributed by atoms with Crippen molar-refractivity contribution in [2.45, 2.75) is 31.0 Å². The SMILES string of the molecule is C[C@H](ON=C(C(=O)N[C@@H]1C(=O)N2C(C(=O)O)=C(C[n+]3ccc(Nc4nccs4)cc3)CSC12)c1nc(N)sc1Cl)C(=O)O. The number of rotatable bonds is 11. The quantitative estimate of drug-likeness (QED) is 0.0853.